The number of nitrogens with zero attached hydrogens (tertiary/aromatic N) is 1. The molecule has 2 aliphatic rings. The predicted octanol–water partition coefficient (Wildman–Crippen LogP) is -0.0561. The van der Waals surface area contributed by atoms with Crippen LogP contribution in [0.25, 0.3) is 0 Å². The van der Waals surface area contributed by atoms with E-state index in [1.807, 2.05) is 12.2 Å². The number of primary sulfonamides is 1. The average molecular weight is 391 g/mol. The number of fused-ring (bicyclic) bond motifs is 1. The maximum atomic E-state index is 12.3. The van der Waals surface area contributed by atoms with Gasteiger partial charge >= 0.3 is 0 Å². The minimum Gasteiger partial charge on any atom is -0.354 e. The summed E-state index contributed by atoms with van der Waals surface area (Å²) in [4.78, 5) is 37.8. The molecule has 1 saturated heterocycles. The number of hydrogen-bond acceptors (Lipinski definition) is 5. The molecule has 3 rings (SSSR count). The Labute approximate surface area is 157 Å². The molecule has 1 aromatic rings. The Balaban J connectivity index is 1.49. The second-order valence-corrected chi connectivity index (χ2v) is 8.27. The number of hydrogen-bond donors (Lipinski definition) is 2. The Morgan fingerprint density at radius 3 is 2.15 bits per heavy atom. The molecule has 0 bridgehead atoms. The van der Waals surface area contributed by atoms with Crippen molar-refractivity contribution >= 4 is 27.7 Å². The summed E-state index contributed by atoms with van der Waals surface area (Å²) in [5.41, 5.74) is 0.827. The van der Waals surface area contributed by atoms with Crippen LogP contribution in [0.4, 0.5) is 0 Å². The van der Waals surface area contributed by atoms with Crippen LogP contribution in [-0.4, -0.2) is 44.1 Å². The summed E-state index contributed by atoms with van der Waals surface area (Å²) in [7, 11) is -3.73. The smallest absolute Gasteiger partial charge is 0.240 e. The monoisotopic (exact) mass is 391 g/mol. The third kappa shape index (κ3) is 4.25. The molecule has 1 aliphatic heterocycles. The molecule has 1 aromatic carbocycles. The van der Waals surface area contributed by atoms with Gasteiger partial charge in [0.1, 0.15) is 6.54 Å². The van der Waals surface area contributed by atoms with Crippen molar-refractivity contribution in [2.24, 2.45) is 17.0 Å². The van der Waals surface area contributed by atoms with Crippen molar-refractivity contribution in [3.05, 3.63) is 42.0 Å². The van der Waals surface area contributed by atoms with Crippen LogP contribution in [0.15, 0.2) is 41.3 Å². The van der Waals surface area contributed by atoms with Crippen LogP contribution < -0.4 is 10.5 Å². The van der Waals surface area contributed by atoms with Gasteiger partial charge in [-0.15, -0.1) is 0 Å². The summed E-state index contributed by atoms with van der Waals surface area (Å²) in [6, 6.07) is 6.06. The van der Waals surface area contributed by atoms with Gasteiger partial charge in [-0.05, 0) is 37.0 Å². The van der Waals surface area contributed by atoms with Gasteiger partial charge in [0.25, 0.3) is 0 Å². The molecule has 0 unspecified atom stereocenters. The van der Waals surface area contributed by atoms with E-state index in [1.165, 1.54) is 12.1 Å². The highest BCUT2D eigenvalue weighted by Crippen LogP contribution is 2.34. The molecule has 8 nitrogen and oxygen atoms in total. The van der Waals surface area contributed by atoms with E-state index in [2.05, 4.69) is 5.32 Å². The quantitative estimate of drug-likeness (QED) is 0.519. The van der Waals surface area contributed by atoms with Crippen LogP contribution in [0.1, 0.15) is 18.4 Å². The molecule has 1 fully saturated rings. The number of sulfonamides is 1. The van der Waals surface area contributed by atoms with Gasteiger partial charge in [-0.2, -0.15) is 0 Å². The summed E-state index contributed by atoms with van der Waals surface area (Å²) >= 11 is 0. The molecule has 2 atom stereocenters. The van der Waals surface area contributed by atoms with Gasteiger partial charge in [-0.1, -0.05) is 24.3 Å². The second kappa shape index (κ2) is 7.61. The van der Waals surface area contributed by atoms with E-state index in [0.29, 0.717) is 25.8 Å². The van der Waals surface area contributed by atoms with Crippen molar-refractivity contribution in [2.45, 2.75) is 24.2 Å². The first-order valence-corrected chi connectivity index (χ1v) is 10.2. The normalized spacial score (nSPS) is 22.0. The molecule has 1 aliphatic carbocycles. The number of amides is 3. The van der Waals surface area contributed by atoms with Gasteiger partial charge in [-0.3, -0.25) is 19.3 Å². The van der Waals surface area contributed by atoms with E-state index >= 15 is 0 Å². The summed E-state index contributed by atoms with van der Waals surface area (Å²) < 4.78 is 22.4. The molecule has 1 heterocycles. The Hall–Kier alpha value is -2.52. The number of carbonyl (C=O) groups is 3. The molecule has 0 spiro atoms. The van der Waals surface area contributed by atoms with E-state index < -0.39 is 15.9 Å². The first kappa shape index (κ1) is 19.2. The average Bonchev–Trinajstić information content (AvgIpc) is 2.87. The molecule has 27 heavy (non-hydrogen) atoms. The van der Waals surface area contributed by atoms with Crippen LogP contribution in [0.2, 0.25) is 0 Å². The Bertz CT molecular complexity index is 866. The fraction of sp³-hybridized carbons (Fsp3) is 0.389. The lowest BCUT2D eigenvalue weighted by Gasteiger charge is -2.14. The fourth-order valence-corrected chi connectivity index (χ4v) is 3.93. The van der Waals surface area contributed by atoms with Gasteiger partial charge in [0, 0.05) is 6.54 Å². The number of nitrogens with two attached hydrogens (primary N) is 1. The Morgan fingerprint density at radius 2 is 1.63 bits per heavy atom. The number of nitrogens with one attached hydrogen (secondary N) is 1. The SMILES string of the molecule is NS(=O)(=O)c1ccc(CCNC(=O)CN2C(=O)[C@@H]3CC=CC[C@H]3C2=O)cc1. The van der Waals surface area contributed by atoms with E-state index in [4.69, 9.17) is 5.14 Å². The predicted molar refractivity (Wildman–Crippen MR) is 96.6 cm³/mol. The van der Waals surface area contributed by atoms with Crippen molar-refractivity contribution in [3.63, 3.8) is 0 Å². The standard InChI is InChI=1S/C18H21N3O5S/c19-27(25,26)13-7-5-12(6-8-13)9-10-20-16(22)11-21-17(23)14-3-1-2-4-15(14)18(21)24/h1-2,5-8,14-15H,3-4,9-11H2,(H,20,22)(H2,19,25,26)/t14-,15-/m1/s1. The summed E-state index contributed by atoms with van der Waals surface area (Å²) in [5, 5.41) is 7.72. The number of allylic oxidation sites excluding steroid dienone is 2. The van der Waals surface area contributed by atoms with E-state index in [0.717, 1.165) is 10.5 Å². The molecule has 3 amide bonds. The summed E-state index contributed by atoms with van der Waals surface area (Å²) in [6.07, 6.45) is 5.37. The molecule has 144 valence electrons. The molecule has 0 saturated carbocycles. The number of benzene rings is 1. The van der Waals surface area contributed by atoms with Crippen LogP contribution in [0.3, 0.4) is 0 Å². The third-order valence-electron chi connectivity index (χ3n) is 4.89. The van der Waals surface area contributed by atoms with E-state index in [-0.39, 0.29) is 35.1 Å². The van der Waals surface area contributed by atoms with Crippen molar-refractivity contribution in [3.8, 4) is 0 Å². The van der Waals surface area contributed by atoms with Crippen molar-refractivity contribution < 1.29 is 22.8 Å². The third-order valence-corrected chi connectivity index (χ3v) is 5.82. The molecule has 0 radical (unpaired) electrons. The number of rotatable bonds is 6. The van der Waals surface area contributed by atoms with Gasteiger partial charge in [0.2, 0.25) is 27.7 Å². The Kier molecular flexibility index (Phi) is 5.43. The van der Waals surface area contributed by atoms with Crippen molar-refractivity contribution in [1.82, 2.24) is 10.2 Å². The highest BCUT2D eigenvalue weighted by molar-refractivity contribution is 7.89. The second-order valence-electron chi connectivity index (χ2n) is 6.71. The van der Waals surface area contributed by atoms with Crippen molar-refractivity contribution in [2.75, 3.05) is 13.1 Å². The van der Waals surface area contributed by atoms with Gasteiger partial charge < -0.3 is 5.32 Å². The lowest BCUT2D eigenvalue weighted by molar-refractivity contribution is -0.143. The maximum Gasteiger partial charge on any atom is 0.240 e. The van der Waals surface area contributed by atoms with Gasteiger partial charge in [-0.25, -0.2) is 13.6 Å². The van der Waals surface area contributed by atoms with Crippen LogP contribution in [0, 0.1) is 11.8 Å². The number of carbonyl (C=O) groups excluding carboxylic acids is 3. The molecule has 0 aromatic heterocycles. The van der Waals surface area contributed by atoms with Crippen molar-refractivity contribution in [1.29, 1.82) is 0 Å². The van der Waals surface area contributed by atoms with E-state index in [9.17, 15) is 22.8 Å². The minimum absolute atomic E-state index is 0.0253. The summed E-state index contributed by atoms with van der Waals surface area (Å²) in [6.45, 7) is 0.0349. The van der Waals surface area contributed by atoms with Gasteiger partial charge in [0.05, 0.1) is 16.7 Å². The lowest BCUT2D eigenvalue weighted by atomic mass is 9.85. The zero-order valence-electron chi connectivity index (χ0n) is 14.6. The zero-order chi connectivity index (χ0) is 19.6. The molecular formula is C18H21N3O5S. The maximum absolute atomic E-state index is 12.3. The zero-order valence-corrected chi connectivity index (χ0v) is 15.4. The van der Waals surface area contributed by atoms with Crippen LogP contribution in [-0.2, 0) is 30.8 Å². The van der Waals surface area contributed by atoms with Crippen LogP contribution in [0.5, 0.6) is 0 Å². The molecule has 9 heteroatoms. The number of imide groups is 1. The Morgan fingerprint density at radius 1 is 1.07 bits per heavy atom. The van der Waals surface area contributed by atoms with E-state index in [1.54, 1.807) is 12.1 Å². The highest BCUT2D eigenvalue weighted by Gasteiger charge is 2.47. The largest absolute Gasteiger partial charge is 0.354 e. The lowest BCUT2D eigenvalue weighted by Crippen LogP contribution is -2.41. The molecule has 3 N–H and O–H groups in total. The first-order chi connectivity index (χ1) is 12.8. The van der Waals surface area contributed by atoms with Crippen LogP contribution >= 0.6 is 0 Å². The highest BCUT2D eigenvalue weighted by atomic mass is 32.2. The van der Waals surface area contributed by atoms with Gasteiger partial charge in [0.15, 0.2) is 0 Å². The fourth-order valence-electron chi connectivity index (χ4n) is 3.42. The topological polar surface area (TPSA) is 127 Å². The molecular weight excluding hydrogens is 370 g/mol. The minimum atomic E-state index is -3.73. The first-order valence-electron chi connectivity index (χ1n) is 8.66. The summed E-state index contributed by atoms with van der Waals surface area (Å²) in [5.74, 6) is -1.63. The number of likely N-dealkylation sites (tertiary alicyclic amines) is 1.